The van der Waals surface area contributed by atoms with Crippen molar-refractivity contribution in [3.8, 4) is 28.4 Å². The van der Waals surface area contributed by atoms with Crippen LogP contribution in [0.3, 0.4) is 0 Å². The van der Waals surface area contributed by atoms with E-state index in [0.717, 1.165) is 22.6 Å². The molecule has 25 heavy (non-hydrogen) atoms. The van der Waals surface area contributed by atoms with Crippen LogP contribution in [0.15, 0.2) is 48.5 Å². The van der Waals surface area contributed by atoms with Gasteiger partial charge in [-0.15, -0.1) is 0 Å². The molecule has 0 aliphatic carbocycles. The second-order valence-electron chi connectivity index (χ2n) is 7.28. The van der Waals surface area contributed by atoms with Gasteiger partial charge in [0.05, 0.1) is 12.8 Å². The van der Waals surface area contributed by atoms with Gasteiger partial charge in [0.25, 0.3) is 0 Å². The minimum absolute atomic E-state index is 0.230. The third-order valence-electron chi connectivity index (χ3n) is 4.18. The maximum Gasteiger partial charge on any atom is 0.166 e. The molecule has 0 saturated carbocycles. The van der Waals surface area contributed by atoms with E-state index >= 15 is 0 Å². The lowest BCUT2D eigenvalue weighted by Crippen LogP contribution is -2.12. The maximum atomic E-state index is 10.9. The topological polar surface area (TPSA) is 47.3 Å². The van der Waals surface area contributed by atoms with Gasteiger partial charge in [-0.1, -0.05) is 44.5 Å². The van der Waals surface area contributed by atoms with Gasteiger partial charge in [-0.25, -0.2) is 4.68 Å². The van der Waals surface area contributed by atoms with Gasteiger partial charge in [0.1, 0.15) is 17.1 Å². The number of nitrogens with zero attached hydrogens (tertiary/aromatic N) is 2. The van der Waals surface area contributed by atoms with Crippen LogP contribution in [0.25, 0.3) is 16.9 Å². The Morgan fingerprint density at radius 3 is 2.28 bits per heavy atom. The van der Waals surface area contributed by atoms with Gasteiger partial charge in [-0.05, 0) is 37.3 Å². The van der Waals surface area contributed by atoms with Crippen LogP contribution in [0, 0.1) is 6.92 Å². The van der Waals surface area contributed by atoms with Gasteiger partial charge in [0.15, 0.2) is 5.75 Å². The lowest BCUT2D eigenvalue weighted by atomic mass is 9.91. The summed E-state index contributed by atoms with van der Waals surface area (Å²) in [5.74, 6) is 1.02. The Labute approximate surface area is 148 Å². The van der Waals surface area contributed by atoms with Crippen LogP contribution in [-0.4, -0.2) is 22.0 Å². The summed E-state index contributed by atoms with van der Waals surface area (Å²) < 4.78 is 7.05. The van der Waals surface area contributed by atoms with Crippen LogP contribution in [0.5, 0.6) is 11.5 Å². The summed E-state index contributed by atoms with van der Waals surface area (Å²) in [5.41, 5.74) is 4.08. The zero-order chi connectivity index (χ0) is 18.2. The lowest BCUT2D eigenvalue weighted by Gasteiger charge is -2.15. The quantitative estimate of drug-likeness (QED) is 0.743. The average molecular weight is 336 g/mol. The smallest absolute Gasteiger partial charge is 0.166 e. The second-order valence-corrected chi connectivity index (χ2v) is 7.28. The molecule has 0 amide bonds. The molecule has 4 nitrogen and oxygen atoms in total. The van der Waals surface area contributed by atoms with Gasteiger partial charge >= 0.3 is 0 Å². The Hall–Kier alpha value is -2.75. The summed E-state index contributed by atoms with van der Waals surface area (Å²) in [4.78, 5) is 0. The van der Waals surface area contributed by atoms with Crippen molar-refractivity contribution in [2.45, 2.75) is 33.1 Å². The van der Waals surface area contributed by atoms with E-state index in [9.17, 15) is 5.11 Å². The third-order valence-corrected chi connectivity index (χ3v) is 4.18. The molecule has 1 aromatic heterocycles. The van der Waals surface area contributed by atoms with Gasteiger partial charge < -0.3 is 9.84 Å². The highest BCUT2D eigenvalue weighted by molar-refractivity contribution is 5.71. The minimum atomic E-state index is -0.264. The number of hydrogen-bond donors (Lipinski definition) is 1. The molecule has 3 aromatic rings. The van der Waals surface area contributed by atoms with Crippen LogP contribution in [0.4, 0.5) is 0 Å². The molecule has 0 radical (unpaired) electrons. The predicted molar refractivity (Wildman–Crippen MR) is 101 cm³/mol. The minimum Gasteiger partial charge on any atom is -0.504 e. The van der Waals surface area contributed by atoms with Crippen molar-refractivity contribution in [2.75, 3.05) is 7.11 Å². The SMILES string of the molecule is COc1ccc(-n2nc(C(C)(C)C)c(O)c2-c2cccc(C)c2)cc1. The Kier molecular flexibility index (Phi) is 4.29. The number of methoxy groups -OCH3 is 1. The molecule has 0 aliphatic rings. The second kappa shape index (κ2) is 6.28. The number of rotatable bonds is 3. The monoisotopic (exact) mass is 336 g/mol. The number of ether oxygens (including phenoxy) is 1. The van der Waals surface area contributed by atoms with E-state index in [4.69, 9.17) is 9.84 Å². The van der Waals surface area contributed by atoms with Crippen molar-refractivity contribution >= 4 is 0 Å². The fourth-order valence-corrected chi connectivity index (χ4v) is 2.88. The fourth-order valence-electron chi connectivity index (χ4n) is 2.88. The number of aromatic hydroxyl groups is 1. The van der Waals surface area contributed by atoms with E-state index in [-0.39, 0.29) is 11.2 Å². The van der Waals surface area contributed by atoms with Crippen molar-refractivity contribution < 1.29 is 9.84 Å². The summed E-state index contributed by atoms with van der Waals surface area (Å²) in [6, 6.07) is 15.8. The normalized spacial score (nSPS) is 11.6. The van der Waals surface area contributed by atoms with E-state index in [1.807, 2.05) is 74.8 Å². The van der Waals surface area contributed by atoms with Crippen molar-refractivity contribution in [3.63, 3.8) is 0 Å². The standard InChI is InChI=1S/C21H24N2O2/c1-14-7-6-8-15(13-14)18-19(24)20(21(2,3)4)22-23(18)16-9-11-17(25-5)12-10-16/h6-13,24H,1-5H3. The number of aromatic nitrogens is 2. The molecule has 1 heterocycles. The molecule has 2 aromatic carbocycles. The van der Waals surface area contributed by atoms with E-state index in [1.54, 1.807) is 7.11 Å². The molecule has 4 heteroatoms. The van der Waals surface area contributed by atoms with Crippen LogP contribution in [0.2, 0.25) is 0 Å². The molecule has 0 spiro atoms. The maximum absolute atomic E-state index is 10.9. The molecule has 0 bridgehead atoms. The van der Waals surface area contributed by atoms with Gasteiger partial charge in [-0.2, -0.15) is 5.10 Å². The fraction of sp³-hybridized carbons (Fsp3) is 0.286. The molecule has 1 N–H and O–H groups in total. The van der Waals surface area contributed by atoms with Crippen LogP contribution >= 0.6 is 0 Å². The van der Waals surface area contributed by atoms with Crippen molar-refractivity contribution in [2.24, 2.45) is 0 Å². The van der Waals surface area contributed by atoms with Gasteiger partial charge in [0.2, 0.25) is 0 Å². The Morgan fingerprint density at radius 2 is 1.72 bits per heavy atom. The lowest BCUT2D eigenvalue weighted by molar-refractivity contribution is 0.414. The zero-order valence-electron chi connectivity index (χ0n) is 15.4. The molecule has 0 unspecified atom stereocenters. The summed E-state index contributed by atoms with van der Waals surface area (Å²) >= 11 is 0. The number of hydrogen-bond acceptors (Lipinski definition) is 3. The summed E-state index contributed by atoms with van der Waals surface area (Å²) in [7, 11) is 1.64. The first-order valence-corrected chi connectivity index (χ1v) is 8.35. The average Bonchev–Trinajstić information content (AvgIpc) is 2.92. The summed E-state index contributed by atoms with van der Waals surface area (Å²) in [5, 5.41) is 15.7. The van der Waals surface area contributed by atoms with E-state index in [0.29, 0.717) is 11.4 Å². The highest BCUT2D eigenvalue weighted by Crippen LogP contribution is 2.39. The van der Waals surface area contributed by atoms with Crippen LogP contribution in [-0.2, 0) is 5.41 Å². The van der Waals surface area contributed by atoms with Gasteiger partial charge in [-0.3, -0.25) is 0 Å². The molecule has 0 fully saturated rings. The van der Waals surface area contributed by atoms with E-state index < -0.39 is 0 Å². The predicted octanol–water partition coefficient (Wildman–Crippen LogP) is 4.86. The molecular formula is C21H24N2O2. The Bertz CT molecular complexity index is 887. The summed E-state index contributed by atoms with van der Waals surface area (Å²) in [6.07, 6.45) is 0. The first-order valence-electron chi connectivity index (χ1n) is 8.35. The largest absolute Gasteiger partial charge is 0.504 e. The number of aryl methyl sites for hydroxylation is 1. The van der Waals surface area contributed by atoms with Gasteiger partial charge in [0, 0.05) is 11.0 Å². The summed E-state index contributed by atoms with van der Waals surface area (Å²) in [6.45, 7) is 8.19. The Morgan fingerprint density at radius 1 is 1.04 bits per heavy atom. The van der Waals surface area contributed by atoms with E-state index in [2.05, 4.69) is 6.07 Å². The molecule has 0 saturated heterocycles. The van der Waals surface area contributed by atoms with Crippen LogP contribution in [0.1, 0.15) is 32.0 Å². The highest BCUT2D eigenvalue weighted by Gasteiger charge is 2.28. The molecule has 3 rings (SSSR count). The molecule has 130 valence electrons. The third kappa shape index (κ3) is 3.25. The van der Waals surface area contributed by atoms with Crippen LogP contribution < -0.4 is 4.74 Å². The van der Waals surface area contributed by atoms with Crippen molar-refractivity contribution in [1.82, 2.24) is 9.78 Å². The zero-order valence-corrected chi connectivity index (χ0v) is 15.4. The first-order chi connectivity index (χ1) is 11.8. The van der Waals surface area contributed by atoms with E-state index in [1.165, 1.54) is 0 Å². The Balaban J connectivity index is 2.25. The molecule has 0 aliphatic heterocycles. The first kappa shape index (κ1) is 17.1. The molecular weight excluding hydrogens is 312 g/mol. The van der Waals surface area contributed by atoms with Crippen molar-refractivity contribution in [1.29, 1.82) is 0 Å². The number of benzene rings is 2. The van der Waals surface area contributed by atoms with Crippen molar-refractivity contribution in [3.05, 3.63) is 59.8 Å². The highest BCUT2D eigenvalue weighted by atomic mass is 16.5. The molecule has 0 atom stereocenters.